The fourth-order valence-electron chi connectivity index (χ4n) is 2.90. The summed E-state index contributed by atoms with van der Waals surface area (Å²) in [6.45, 7) is 4.66. The number of aliphatic hydroxyl groups excluding tert-OH is 1. The highest BCUT2D eigenvalue weighted by molar-refractivity contribution is 7.22. The van der Waals surface area contributed by atoms with Crippen LogP contribution in [0.25, 0.3) is 10.3 Å². The van der Waals surface area contributed by atoms with Crippen molar-refractivity contribution < 1.29 is 9.84 Å². The maximum atomic E-state index is 9.85. The molecular weight excluding hydrogens is 362 g/mol. The SMILES string of the molecule is CC(C)C[C@H](CO)N(C)c1nc(OCc2ccccc2)nc2nc(N)sc12. The monoisotopic (exact) mass is 387 g/mol. The van der Waals surface area contributed by atoms with Gasteiger partial charge in [0.15, 0.2) is 16.6 Å². The van der Waals surface area contributed by atoms with Crippen molar-refractivity contribution in [1.29, 1.82) is 0 Å². The molecule has 144 valence electrons. The fraction of sp³-hybridized carbons (Fsp3) is 0.421. The van der Waals surface area contributed by atoms with Gasteiger partial charge in [-0.15, -0.1) is 0 Å². The number of thiazole rings is 1. The number of likely N-dealkylation sites (N-methyl/N-ethyl adjacent to an activating group) is 1. The van der Waals surface area contributed by atoms with E-state index >= 15 is 0 Å². The maximum absolute atomic E-state index is 9.85. The van der Waals surface area contributed by atoms with Crippen molar-refractivity contribution in [1.82, 2.24) is 15.0 Å². The van der Waals surface area contributed by atoms with Gasteiger partial charge in [-0.1, -0.05) is 55.5 Å². The molecule has 0 aliphatic rings. The molecule has 0 amide bonds. The molecule has 0 saturated carbocycles. The highest BCUT2D eigenvalue weighted by Crippen LogP contribution is 2.33. The number of anilines is 2. The predicted molar refractivity (Wildman–Crippen MR) is 109 cm³/mol. The Hall–Kier alpha value is -2.45. The Labute approximate surface area is 162 Å². The van der Waals surface area contributed by atoms with Gasteiger partial charge in [0.05, 0.1) is 12.6 Å². The van der Waals surface area contributed by atoms with Crippen LogP contribution < -0.4 is 15.4 Å². The summed E-state index contributed by atoms with van der Waals surface area (Å²) in [7, 11) is 1.92. The normalized spacial score (nSPS) is 12.5. The molecule has 0 saturated heterocycles. The topological polar surface area (TPSA) is 97.4 Å². The van der Waals surface area contributed by atoms with E-state index in [9.17, 15) is 5.11 Å². The molecule has 0 aliphatic heterocycles. The van der Waals surface area contributed by atoms with E-state index in [0.29, 0.717) is 29.1 Å². The number of aliphatic hydroxyl groups is 1. The minimum absolute atomic E-state index is 0.0364. The molecule has 27 heavy (non-hydrogen) atoms. The van der Waals surface area contributed by atoms with Gasteiger partial charge in [0.1, 0.15) is 11.3 Å². The molecule has 0 bridgehead atoms. The van der Waals surface area contributed by atoms with Gasteiger partial charge in [0, 0.05) is 7.05 Å². The lowest BCUT2D eigenvalue weighted by molar-refractivity contribution is 0.244. The zero-order valence-corrected chi connectivity index (χ0v) is 16.6. The molecule has 1 aromatic carbocycles. The third-order valence-electron chi connectivity index (χ3n) is 4.28. The Bertz CT molecular complexity index is 884. The van der Waals surface area contributed by atoms with E-state index in [2.05, 4.69) is 28.8 Å². The molecule has 0 spiro atoms. The van der Waals surface area contributed by atoms with Crippen LogP contribution >= 0.6 is 11.3 Å². The molecule has 0 unspecified atom stereocenters. The van der Waals surface area contributed by atoms with Crippen LogP contribution in [0.1, 0.15) is 25.8 Å². The maximum Gasteiger partial charge on any atom is 0.320 e. The van der Waals surface area contributed by atoms with Crippen molar-refractivity contribution >= 4 is 32.6 Å². The molecule has 1 atom stereocenters. The molecule has 3 rings (SSSR count). The van der Waals surface area contributed by atoms with Gasteiger partial charge in [-0.3, -0.25) is 0 Å². The number of fused-ring (bicyclic) bond motifs is 1. The van der Waals surface area contributed by atoms with E-state index in [1.54, 1.807) is 0 Å². The van der Waals surface area contributed by atoms with Crippen molar-refractivity contribution in [3.63, 3.8) is 0 Å². The number of hydrogen-bond donors (Lipinski definition) is 2. The van der Waals surface area contributed by atoms with E-state index in [0.717, 1.165) is 16.7 Å². The van der Waals surface area contributed by atoms with Gasteiger partial charge in [-0.2, -0.15) is 15.0 Å². The van der Waals surface area contributed by atoms with Gasteiger partial charge in [-0.05, 0) is 17.9 Å². The molecule has 2 aromatic heterocycles. The lowest BCUT2D eigenvalue weighted by Crippen LogP contribution is -2.36. The number of benzene rings is 1. The van der Waals surface area contributed by atoms with Crippen LogP contribution in [-0.2, 0) is 6.61 Å². The first kappa shape index (κ1) is 19.3. The Morgan fingerprint density at radius 3 is 2.59 bits per heavy atom. The summed E-state index contributed by atoms with van der Waals surface area (Å²) in [5, 5.41) is 10.3. The first-order chi connectivity index (χ1) is 13.0. The standard InChI is InChI=1S/C19H25N5O2S/c1-12(2)9-14(10-25)24(3)17-15-16(21-18(20)27-15)22-19(23-17)26-11-13-7-5-4-6-8-13/h4-8,12,14,25H,9-11H2,1-3H3,(H2,20,21,22,23)/t14-/m1/s1. The molecule has 2 heterocycles. The van der Waals surface area contributed by atoms with Gasteiger partial charge >= 0.3 is 6.01 Å². The van der Waals surface area contributed by atoms with Crippen LogP contribution in [0.15, 0.2) is 30.3 Å². The van der Waals surface area contributed by atoms with E-state index < -0.39 is 0 Å². The summed E-state index contributed by atoms with van der Waals surface area (Å²) in [6.07, 6.45) is 0.840. The molecule has 3 aromatic rings. The van der Waals surface area contributed by atoms with Crippen molar-refractivity contribution in [3.8, 4) is 6.01 Å². The highest BCUT2D eigenvalue weighted by atomic mass is 32.1. The van der Waals surface area contributed by atoms with Gasteiger partial charge in [0.2, 0.25) is 0 Å². The van der Waals surface area contributed by atoms with Crippen molar-refractivity contribution in [3.05, 3.63) is 35.9 Å². The van der Waals surface area contributed by atoms with Crippen LogP contribution in [-0.4, -0.2) is 39.8 Å². The predicted octanol–water partition coefficient (Wildman–Crippen LogP) is 3.09. The second-order valence-electron chi connectivity index (χ2n) is 6.89. The van der Waals surface area contributed by atoms with Crippen LogP contribution in [0.5, 0.6) is 6.01 Å². The van der Waals surface area contributed by atoms with Crippen LogP contribution in [0, 0.1) is 5.92 Å². The molecule has 0 aliphatic carbocycles. The van der Waals surface area contributed by atoms with Crippen LogP contribution in [0.4, 0.5) is 10.9 Å². The average Bonchev–Trinajstić information content (AvgIpc) is 3.04. The number of ether oxygens (including phenoxy) is 1. The zero-order valence-electron chi connectivity index (χ0n) is 15.8. The lowest BCUT2D eigenvalue weighted by Gasteiger charge is -2.29. The Morgan fingerprint density at radius 1 is 1.19 bits per heavy atom. The summed E-state index contributed by atoms with van der Waals surface area (Å²) >= 11 is 1.34. The Morgan fingerprint density at radius 2 is 1.93 bits per heavy atom. The largest absolute Gasteiger partial charge is 0.458 e. The lowest BCUT2D eigenvalue weighted by atomic mass is 10.0. The number of nitrogens with two attached hydrogens (primary N) is 1. The first-order valence-electron chi connectivity index (χ1n) is 8.92. The van der Waals surface area contributed by atoms with Gasteiger partial charge < -0.3 is 20.5 Å². The first-order valence-corrected chi connectivity index (χ1v) is 9.74. The molecule has 7 nitrogen and oxygen atoms in total. The van der Waals surface area contributed by atoms with E-state index in [1.807, 2.05) is 42.3 Å². The molecule has 0 fully saturated rings. The minimum Gasteiger partial charge on any atom is -0.458 e. The summed E-state index contributed by atoms with van der Waals surface area (Å²) in [5.41, 5.74) is 7.44. The highest BCUT2D eigenvalue weighted by Gasteiger charge is 2.22. The third kappa shape index (κ3) is 4.64. The molecule has 3 N–H and O–H groups in total. The van der Waals surface area contributed by atoms with Crippen LogP contribution in [0.3, 0.4) is 0 Å². The number of hydrogen-bond acceptors (Lipinski definition) is 8. The summed E-state index contributed by atoms with van der Waals surface area (Å²) < 4.78 is 6.60. The summed E-state index contributed by atoms with van der Waals surface area (Å²) in [4.78, 5) is 15.3. The zero-order chi connectivity index (χ0) is 19.4. The minimum atomic E-state index is -0.0617. The summed E-state index contributed by atoms with van der Waals surface area (Å²) in [6, 6.07) is 10.0. The van der Waals surface area contributed by atoms with E-state index in [1.165, 1.54) is 11.3 Å². The summed E-state index contributed by atoms with van der Waals surface area (Å²) in [5.74, 6) is 1.12. The smallest absolute Gasteiger partial charge is 0.320 e. The molecular formula is C19H25N5O2S. The molecule has 8 heteroatoms. The Balaban J connectivity index is 1.92. The van der Waals surface area contributed by atoms with Gasteiger partial charge in [0.25, 0.3) is 0 Å². The van der Waals surface area contributed by atoms with Crippen molar-refractivity contribution in [2.24, 2.45) is 5.92 Å². The van der Waals surface area contributed by atoms with Crippen molar-refractivity contribution in [2.45, 2.75) is 32.9 Å². The van der Waals surface area contributed by atoms with Crippen molar-refractivity contribution in [2.75, 3.05) is 24.3 Å². The second-order valence-corrected chi connectivity index (χ2v) is 7.92. The fourth-order valence-corrected chi connectivity index (χ4v) is 3.71. The average molecular weight is 388 g/mol. The van der Waals surface area contributed by atoms with Gasteiger partial charge in [-0.25, -0.2) is 0 Å². The third-order valence-corrected chi connectivity index (χ3v) is 5.15. The quantitative estimate of drug-likeness (QED) is 0.613. The number of rotatable bonds is 8. The number of nitrogen functional groups attached to an aromatic ring is 1. The second kappa shape index (κ2) is 8.49. The number of aromatic nitrogens is 3. The van der Waals surface area contributed by atoms with Crippen LogP contribution in [0.2, 0.25) is 0 Å². The Kier molecular flexibility index (Phi) is 6.08. The van der Waals surface area contributed by atoms with E-state index in [-0.39, 0.29) is 18.7 Å². The van der Waals surface area contributed by atoms with E-state index in [4.69, 9.17) is 10.5 Å². The molecule has 0 radical (unpaired) electrons. The number of nitrogens with zero attached hydrogens (tertiary/aromatic N) is 4.